The monoisotopic (exact) mass is 443 g/mol. The van der Waals surface area contributed by atoms with Gasteiger partial charge in [0.2, 0.25) is 11.5 Å². The molecule has 0 spiro atoms. The fourth-order valence-electron chi connectivity index (χ4n) is 3.19. The van der Waals surface area contributed by atoms with E-state index in [9.17, 15) is 18.4 Å². The van der Waals surface area contributed by atoms with Gasteiger partial charge >= 0.3 is 0 Å². The standard InChI is InChI=1S/C22H19F2N3O3S/c1-2-3-10-27-21(29)20-19(14-6-4-5-7-17(14)30-20)26-22(27)31-12-18(28)25-16-11-13(23)8-9-15(16)24/h4-9,11H,2-3,10,12H2,1H3,(H,25,28). The average Bonchev–Trinajstić information content (AvgIpc) is 3.13. The Hall–Kier alpha value is -3.20. The molecule has 0 aliphatic heterocycles. The molecule has 2 aromatic carbocycles. The highest BCUT2D eigenvalue weighted by atomic mass is 32.2. The SMILES string of the molecule is CCCCn1c(SCC(=O)Nc2cc(F)ccc2F)nc2c(oc3ccccc32)c1=O. The lowest BCUT2D eigenvalue weighted by Crippen LogP contribution is -2.24. The van der Waals surface area contributed by atoms with Crippen molar-refractivity contribution in [2.45, 2.75) is 31.5 Å². The molecule has 0 aliphatic carbocycles. The summed E-state index contributed by atoms with van der Waals surface area (Å²) >= 11 is 1.06. The molecule has 0 atom stereocenters. The van der Waals surface area contributed by atoms with Crippen LogP contribution in [0.1, 0.15) is 19.8 Å². The van der Waals surface area contributed by atoms with Crippen LogP contribution in [-0.2, 0) is 11.3 Å². The number of rotatable bonds is 7. The second-order valence-electron chi connectivity index (χ2n) is 6.94. The Labute approximate surface area is 180 Å². The van der Waals surface area contributed by atoms with Crippen molar-refractivity contribution in [2.24, 2.45) is 0 Å². The van der Waals surface area contributed by atoms with Crippen molar-refractivity contribution < 1.29 is 18.0 Å². The number of unbranched alkanes of at least 4 members (excludes halogenated alkanes) is 1. The number of aromatic nitrogens is 2. The third-order valence-electron chi connectivity index (χ3n) is 4.72. The number of thioether (sulfide) groups is 1. The molecule has 0 fully saturated rings. The Bertz CT molecular complexity index is 1330. The van der Waals surface area contributed by atoms with E-state index in [0.29, 0.717) is 28.2 Å². The summed E-state index contributed by atoms with van der Waals surface area (Å²) in [6.45, 7) is 2.43. The van der Waals surface area contributed by atoms with Gasteiger partial charge in [-0.3, -0.25) is 14.2 Å². The number of anilines is 1. The van der Waals surface area contributed by atoms with E-state index >= 15 is 0 Å². The van der Waals surface area contributed by atoms with E-state index in [1.807, 2.05) is 25.1 Å². The molecular formula is C22H19F2N3O3S. The smallest absolute Gasteiger partial charge is 0.297 e. The maximum Gasteiger partial charge on any atom is 0.297 e. The second-order valence-corrected chi connectivity index (χ2v) is 7.88. The first kappa shape index (κ1) is 21.0. The van der Waals surface area contributed by atoms with Crippen molar-refractivity contribution in [3.8, 4) is 0 Å². The number of nitrogens with one attached hydrogen (secondary N) is 1. The van der Waals surface area contributed by atoms with Crippen LogP contribution in [0.3, 0.4) is 0 Å². The predicted molar refractivity (Wildman–Crippen MR) is 116 cm³/mol. The van der Waals surface area contributed by atoms with Gasteiger partial charge in [0.25, 0.3) is 5.56 Å². The van der Waals surface area contributed by atoms with Gasteiger partial charge in [0.1, 0.15) is 22.7 Å². The summed E-state index contributed by atoms with van der Waals surface area (Å²) in [6, 6.07) is 10.1. The number of benzene rings is 2. The highest BCUT2D eigenvalue weighted by Crippen LogP contribution is 2.27. The summed E-state index contributed by atoms with van der Waals surface area (Å²) in [5.41, 5.74) is 0.623. The van der Waals surface area contributed by atoms with Crippen LogP contribution in [0.2, 0.25) is 0 Å². The molecule has 9 heteroatoms. The predicted octanol–water partition coefficient (Wildman–Crippen LogP) is 4.95. The lowest BCUT2D eigenvalue weighted by Gasteiger charge is -2.11. The van der Waals surface area contributed by atoms with Crippen molar-refractivity contribution in [1.29, 1.82) is 0 Å². The van der Waals surface area contributed by atoms with E-state index in [-0.39, 0.29) is 22.6 Å². The molecule has 0 unspecified atom stereocenters. The molecule has 160 valence electrons. The topological polar surface area (TPSA) is 77.1 Å². The van der Waals surface area contributed by atoms with Crippen LogP contribution in [0.15, 0.2) is 56.8 Å². The van der Waals surface area contributed by atoms with Crippen LogP contribution in [0.5, 0.6) is 0 Å². The molecule has 2 heterocycles. The number of para-hydroxylation sites is 1. The summed E-state index contributed by atoms with van der Waals surface area (Å²) < 4.78 is 34.3. The number of carbonyl (C=O) groups excluding carboxylic acids is 1. The lowest BCUT2D eigenvalue weighted by molar-refractivity contribution is -0.113. The zero-order valence-electron chi connectivity index (χ0n) is 16.7. The van der Waals surface area contributed by atoms with Crippen LogP contribution >= 0.6 is 11.8 Å². The molecule has 2 aromatic heterocycles. The van der Waals surface area contributed by atoms with Gasteiger partial charge in [-0.15, -0.1) is 0 Å². The summed E-state index contributed by atoms with van der Waals surface area (Å²) in [4.78, 5) is 30.0. The zero-order valence-corrected chi connectivity index (χ0v) is 17.5. The lowest BCUT2D eigenvalue weighted by atomic mass is 10.2. The van der Waals surface area contributed by atoms with Crippen molar-refractivity contribution in [3.63, 3.8) is 0 Å². The third-order valence-corrected chi connectivity index (χ3v) is 5.69. The van der Waals surface area contributed by atoms with Crippen LogP contribution in [0.4, 0.5) is 14.5 Å². The fourth-order valence-corrected chi connectivity index (χ4v) is 4.00. The molecule has 0 aliphatic rings. The minimum absolute atomic E-state index is 0.129. The first-order valence-electron chi connectivity index (χ1n) is 9.77. The maximum absolute atomic E-state index is 13.8. The molecule has 6 nitrogen and oxygen atoms in total. The van der Waals surface area contributed by atoms with E-state index < -0.39 is 17.5 Å². The number of furan rings is 1. The quantitative estimate of drug-likeness (QED) is 0.323. The maximum atomic E-state index is 13.8. The Morgan fingerprint density at radius 2 is 2.03 bits per heavy atom. The Morgan fingerprint density at radius 1 is 1.23 bits per heavy atom. The number of fused-ring (bicyclic) bond motifs is 3. The van der Waals surface area contributed by atoms with Crippen molar-refractivity contribution in [1.82, 2.24) is 9.55 Å². The van der Waals surface area contributed by atoms with E-state index in [1.165, 1.54) is 4.57 Å². The number of halogens is 2. The average molecular weight is 443 g/mol. The number of hydrogen-bond acceptors (Lipinski definition) is 5. The number of hydrogen-bond donors (Lipinski definition) is 1. The molecule has 1 amide bonds. The first-order chi connectivity index (χ1) is 15.0. The van der Waals surface area contributed by atoms with Gasteiger partial charge < -0.3 is 9.73 Å². The Morgan fingerprint density at radius 3 is 2.84 bits per heavy atom. The normalized spacial score (nSPS) is 11.3. The highest BCUT2D eigenvalue weighted by molar-refractivity contribution is 7.99. The van der Waals surface area contributed by atoms with Gasteiger partial charge in [-0.2, -0.15) is 0 Å². The summed E-state index contributed by atoms with van der Waals surface area (Å²) in [5.74, 6) is -2.06. The second kappa shape index (κ2) is 8.89. The van der Waals surface area contributed by atoms with E-state index in [4.69, 9.17) is 4.42 Å². The van der Waals surface area contributed by atoms with Crippen LogP contribution in [0.25, 0.3) is 22.1 Å². The van der Waals surface area contributed by atoms with Gasteiger partial charge in [0.15, 0.2) is 5.16 Å². The van der Waals surface area contributed by atoms with Gasteiger partial charge in [-0.25, -0.2) is 13.8 Å². The molecule has 0 radical (unpaired) electrons. The fraction of sp³-hybridized carbons (Fsp3) is 0.227. The summed E-state index contributed by atoms with van der Waals surface area (Å²) in [5, 5.41) is 3.43. The third kappa shape index (κ3) is 4.32. The summed E-state index contributed by atoms with van der Waals surface area (Å²) in [7, 11) is 0. The number of amides is 1. The van der Waals surface area contributed by atoms with Crippen molar-refractivity contribution >= 4 is 45.4 Å². The van der Waals surface area contributed by atoms with Crippen LogP contribution in [0, 0.1) is 11.6 Å². The van der Waals surface area contributed by atoms with Gasteiger partial charge in [0, 0.05) is 18.0 Å². The zero-order chi connectivity index (χ0) is 22.0. The van der Waals surface area contributed by atoms with Crippen LogP contribution in [-0.4, -0.2) is 21.2 Å². The molecule has 0 saturated carbocycles. The van der Waals surface area contributed by atoms with Gasteiger partial charge in [-0.1, -0.05) is 37.2 Å². The molecule has 0 bridgehead atoms. The van der Waals surface area contributed by atoms with Crippen molar-refractivity contribution in [3.05, 3.63) is 64.5 Å². The van der Waals surface area contributed by atoms with Crippen LogP contribution < -0.4 is 10.9 Å². The summed E-state index contributed by atoms with van der Waals surface area (Å²) in [6.07, 6.45) is 1.62. The molecule has 1 N–H and O–H groups in total. The van der Waals surface area contributed by atoms with Crippen molar-refractivity contribution in [2.75, 3.05) is 11.1 Å². The molecule has 4 aromatic rings. The highest BCUT2D eigenvalue weighted by Gasteiger charge is 2.18. The first-order valence-corrected chi connectivity index (χ1v) is 10.8. The van der Waals surface area contributed by atoms with Gasteiger partial charge in [0.05, 0.1) is 11.4 Å². The minimum atomic E-state index is -0.732. The molecular weight excluding hydrogens is 424 g/mol. The largest absolute Gasteiger partial charge is 0.448 e. The minimum Gasteiger partial charge on any atom is -0.448 e. The van der Waals surface area contributed by atoms with E-state index in [2.05, 4.69) is 10.3 Å². The molecule has 4 rings (SSSR count). The molecule has 31 heavy (non-hydrogen) atoms. The Kier molecular flexibility index (Phi) is 6.03. The number of carbonyl (C=O) groups is 1. The van der Waals surface area contributed by atoms with E-state index in [0.717, 1.165) is 42.8 Å². The molecule has 0 saturated heterocycles. The van der Waals surface area contributed by atoms with Gasteiger partial charge in [-0.05, 0) is 30.7 Å². The Balaban J connectivity index is 1.65. The number of nitrogens with zero attached hydrogens (tertiary/aromatic N) is 2. The van der Waals surface area contributed by atoms with E-state index in [1.54, 1.807) is 6.07 Å².